The van der Waals surface area contributed by atoms with E-state index >= 15 is 0 Å². The van der Waals surface area contributed by atoms with Crippen LogP contribution in [0.1, 0.15) is 12.0 Å². The molecule has 0 bridgehead atoms. The summed E-state index contributed by atoms with van der Waals surface area (Å²) in [6, 6.07) is 5.18. The molecule has 1 aliphatic rings. The molecule has 0 saturated carbocycles. The van der Waals surface area contributed by atoms with E-state index in [2.05, 4.69) is 4.74 Å². The number of carbonyl (C=O) groups is 2. The Balaban J connectivity index is 1.79. The summed E-state index contributed by atoms with van der Waals surface area (Å²) in [7, 11) is -1.65. The van der Waals surface area contributed by atoms with Gasteiger partial charge in [-0.15, -0.1) is 0 Å². The van der Waals surface area contributed by atoms with Gasteiger partial charge in [-0.3, -0.25) is 4.79 Å². The monoisotopic (exact) mass is 403 g/mol. The lowest BCUT2D eigenvalue weighted by molar-refractivity contribution is -0.148. The van der Waals surface area contributed by atoms with Crippen molar-refractivity contribution < 1.29 is 36.3 Å². The van der Waals surface area contributed by atoms with Gasteiger partial charge in [0.1, 0.15) is 5.75 Å². The number of rotatable bonds is 7. The van der Waals surface area contributed by atoms with Gasteiger partial charge in [0.25, 0.3) is 5.91 Å². The number of esters is 1. The normalized spacial score (nSPS) is 18.6. The summed E-state index contributed by atoms with van der Waals surface area (Å²) in [6.07, 6.45) is 2.85. The van der Waals surface area contributed by atoms with Crippen LogP contribution in [0.4, 0.5) is 8.78 Å². The molecule has 1 heterocycles. The number of sulfone groups is 1. The molecule has 1 aliphatic heterocycles. The van der Waals surface area contributed by atoms with Gasteiger partial charge in [0.05, 0.1) is 11.5 Å². The van der Waals surface area contributed by atoms with Crippen LogP contribution in [0.15, 0.2) is 30.3 Å². The van der Waals surface area contributed by atoms with E-state index in [4.69, 9.17) is 4.74 Å². The summed E-state index contributed by atoms with van der Waals surface area (Å²) in [5, 5.41) is 0. The SMILES string of the molecule is CN(C(=O)COC(=O)/C=C/c1ccc(OC(F)F)cc1)C1CCS(=O)(=O)C1. The lowest BCUT2D eigenvalue weighted by Crippen LogP contribution is -2.40. The zero-order valence-corrected chi connectivity index (χ0v) is 15.3. The van der Waals surface area contributed by atoms with E-state index in [1.54, 1.807) is 0 Å². The summed E-state index contributed by atoms with van der Waals surface area (Å²) in [5.74, 6) is -1.31. The Hall–Kier alpha value is -2.49. The number of nitrogens with zero attached hydrogens (tertiary/aromatic N) is 1. The summed E-state index contributed by atoms with van der Waals surface area (Å²) in [6.45, 7) is -3.42. The standard InChI is InChI=1S/C17H19F2NO6S/c1-20(13-8-9-27(23,24)11-13)15(21)10-25-16(22)7-4-12-2-5-14(6-3-12)26-17(18)19/h2-7,13,17H,8-11H2,1H3/b7-4+. The zero-order chi connectivity index (χ0) is 20.0. The zero-order valence-electron chi connectivity index (χ0n) is 14.5. The van der Waals surface area contributed by atoms with E-state index in [0.29, 0.717) is 12.0 Å². The van der Waals surface area contributed by atoms with Gasteiger partial charge >= 0.3 is 12.6 Å². The van der Waals surface area contributed by atoms with Gasteiger partial charge < -0.3 is 14.4 Å². The van der Waals surface area contributed by atoms with Crippen molar-refractivity contribution in [3.63, 3.8) is 0 Å². The quantitative estimate of drug-likeness (QED) is 0.506. The number of ether oxygens (including phenoxy) is 2. The molecule has 148 valence electrons. The number of hydrogen-bond acceptors (Lipinski definition) is 6. The average Bonchev–Trinajstić information content (AvgIpc) is 2.97. The molecule has 0 aromatic heterocycles. The van der Waals surface area contributed by atoms with Gasteiger partial charge in [-0.2, -0.15) is 8.78 Å². The Morgan fingerprint density at radius 1 is 1.30 bits per heavy atom. The van der Waals surface area contributed by atoms with Gasteiger partial charge in [0.2, 0.25) is 0 Å². The molecule has 1 amide bonds. The number of benzene rings is 1. The summed E-state index contributed by atoms with van der Waals surface area (Å²) in [5.41, 5.74) is 0.549. The third-order valence-corrected chi connectivity index (χ3v) is 5.75. The maximum atomic E-state index is 12.1. The molecule has 27 heavy (non-hydrogen) atoms. The molecule has 1 atom stereocenters. The third kappa shape index (κ3) is 6.63. The highest BCUT2D eigenvalue weighted by molar-refractivity contribution is 7.91. The number of amides is 1. The molecule has 2 rings (SSSR count). The van der Waals surface area contributed by atoms with E-state index in [9.17, 15) is 26.8 Å². The topological polar surface area (TPSA) is 90.0 Å². The van der Waals surface area contributed by atoms with E-state index in [-0.39, 0.29) is 17.3 Å². The second kappa shape index (κ2) is 8.94. The molecule has 10 heteroatoms. The van der Waals surface area contributed by atoms with Gasteiger partial charge in [-0.05, 0) is 30.2 Å². The fourth-order valence-corrected chi connectivity index (χ4v) is 4.27. The van der Waals surface area contributed by atoms with Gasteiger partial charge in [-0.25, -0.2) is 13.2 Å². The largest absolute Gasteiger partial charge is 0.452 e. The van der Waals surface area contributed by atoms with Crippen molar-refractivity contribution in [1.82, 2.24) is 4.90 Å². The van der Waals surface area contributed by atoms with Gasteiger partial charge in [0.15, 0.2) is 16.4 Å². The van der Waals surface area contributed by atoms with Crippen LogP contribution in [0.3, 0.4) is 0 Å². The van der Waals surface area contributed by atoms with Crippen LogP contribution in [-0.4, -0.2) is 63.0 Å². The maximum Gasteiger partial charge on any atom is 0.387 e. The first-order valence-electron chi connectivity index (χ1n) is 8.02. The van der Waals surface area contributed by atoms with Crippen LogP contribution in [0.2, 0.25) is 0 Å². The molecular formula is C17H19F2NO6S. The number of alkyl halides is 2. The van der Waals surface area contributed by atoms with Crippen LogP contribution < -0.4 is 4.74 Å². The lowest BCUT2D eigenvalue weighted by atomic mass is 10.2. The smallest absolute Gasteiger partial charge is 0.387 e. The van der Waals surface area contributed by atoms with E-state index < -0.39 is 41.0 Å². The van der Waals surface area contributed by atoms with E-state index in [1.807, 2.05) is 0 Å². The highest BCUT2D eigenvalue weighted by Gasteiger charge is 2.32. The Morgan fingerprint density at radius 2 is 1.96 bits per heavy atom. The molecule has 1 unspecified atom stereocenters. The first-order chi connectivity index (χ1) is 12.7. The van der Waals surface area contributed by atoms with Gasteiger partial charge in [0, 0.05) is 19.2 Å². The van der Waals surface area contributed by atoms with E-state index in [0.717, 1.165) is 6.08 Å². The van der Waals surface area contributed by atoms with Crippen LogP contribution in [0.25, 0.3) is 6.08 Å². The molecule has 1 aromatic carbocycles. The second-order valence-corrected chi connectivity index (χ2v) is 8.18. The molecule has 1 saturated heterocycles. The first kappa shape index (κ1) is 20.8. The third-order valence-electron chi connectivity index (χ3n) is 4.00. The highest BCUT2D eigenvalue weighted by atomic mass is 32.2. The van der Waals surface area contributed by atoms with Crippen molar-refractivity contribution in [2.45, 2.75) is 19.1 Å². The number of hydrogen-bond donors (Lipinski definition) is 0. The summed E-state index contributed by atoms with van der Waals surface area (Å²) >= 11 is 0. The highest BCUT2D eigenvalue weighted by Crippen LogP contribution is 2.17. The van der Waals surface area contributed by atoms with Crippen molar-refractivity contribution >= 4 is 27.8 Å². The first-order valence-corrected chi connectivity index (χ1v) is 9.84. The number of likely N-dealkylation sites (N-methyl/N-ethyl adjacent to an activating group) is 1. The van der Waals surface area contributed by atoms with Crippen molar-refractivity contribution in [3.05, 3.63) is 35.9 Å². The summed E-state index contributed by atoms with van der Waals surface area (Å²) < 4.78 is 56.1. The number of carbonyl (C=O) groups excluding carboxylic acids is 2. The minimum Gasteiger partial charge on any atom is -0.452 e. The Morgan fingerprint density at radius 3 is 2.52 bits per heavy atom. The molecule has 0 aliphatic carbocycles. The molecule has 7 nitrogen and oxygen atoms in total. The Bertz CT molecular complexity index is 807. The van der Waals surface area contributed by atoms with Crippen LogP contribution >= 0.6 is 0 Å². The Labute approximate surface area is 155 Å². The molecule has 1 aromatic rings. The van der Waals surface area contributed by atoms with Crippen molar-refractivity contribution in [2.75, 3.05) is 25.2 Å². The maximum absolute atomic E-state index is 12.1. The fraction of sp³-hybridized carbons (Fsp3) is 0.412. The molecule has 0 N–H and O–H groups in total. The molecule has 1 fully saturated rings. The van der Waals surface area contributed by atoms with E-state index in [1.165, 1.54) is 42.3 Å². The molecule has 0 spiro atoms. The van der Waals surface area contributed by atoms with Crippen molar-refractivity contribution in [1.29, 1.82) is 0 Å². The Kier molecular flexibility index (Phi) is 6.89. The predicted octanol–water partition coefficient (Wildman–Crippen LogP) is 1.49. The van der Waals surface area contributed by atoms with Gasteiger partial charge in [-0.1, -0.05) is 12.1 Å². The predicted molar refractivity (Wildman–Crippen MR) is 92.9 cm³/mol. The number of halogens is 2. The summed E-state index contributed by atoms with van der Waals surface area (Å²) in [4.78, 5) is 25.0. The van der Waals surface area contributed by atoms with Crippen molar-refractivity contribution in [3.8, 4) is 5.75 Å². The lowest BCUT2D eigenvalue weighted by Gasteiger charge is -2.22. The van der Waals surface area contributed by atoms with Crippen LogP contribution in [0, 0.1) is 0 Å². The minimum atomic E-state index is -3.12. The average molecular weight is 403 g/mol. The van der Waals surface area contributed by atoms with Crippen molar-refractivity contribution in [2.24, 2.45) is 0 Å². The van der Waals surface area contributed by atoms with Crippen LogP contribution in [0.5, 0.6) is 5.75 Å². The molecule has 0 radical (unpaired) electrons. The minimum absolute atomic E-state index is 0.00714. The molecular weight excluding hydrogens is 384 g/mol. The van der Waals surface area contributed by atoms with Crippen LogP contribution in [-0.2, 0) is 24.2 Å². The second-order valence-electron chi connectivity index (χ2n) is 5.95. The fourth-order valence-electron chi connectivity index (χ4n) is 2.49.